The fraction of sp³-hybridized carbons (Fsp3) is 0.0588. The van der Waals surface area contributed by atoms with Crippen molar-refractivity contribution in [3.05, 3.63) is 54.6 Å². The predicted molar refractivity (Wildman–Crippen MR) is 86.2 cm³/mol. The molecule has 0 aliphatic carbocycles. The summed E-state index contributed by atoms with van der Waals surface area (Å²) in [6.07, 6.45) is 0. The first kappa shape index (κ1) is 13.3. The van der Waals surface area contributed by atoms with Crippen molar-refractivity contribution < 1.29 is 12.3 Å². The van der Waals surface area contributed by atoms with Crippen molar-refractivity contribution in [2.45, 2.75) is 4.90 Å². The third-order valence-electron chi connectivity index (χ3n) is 4.14. The van der Waals surface area contributed by atoms with Gasteiger partial charge < -0.3 is 4.57 Å². The minimum Gasteiger partial charge on any atom is -0.343 e. The zero-order valence-electron chi connectivity index (χ0n) is 11.7. The molecular formula is C17H12FNO2S. The molecule has 0 saturated carbocycles. The number of fused-ring (bicyclic) bond motifs is 5. The lowest BCUT2D eigenvalue weighted by Gasteiger charge is -2.04. The van der Waals surface area contributed by atoms with E-state index in [4.69, 9.17) is 0 Å². The third kappa shape index (κ3) is 1.75. The van der Waals surface area contributed by atoms with Crippen LogP contribution in [0.4, 0.5) is 3.89 Å². The predicted octanol–water partition coefficient (Wildman–Crippen LogP) is 4.14. The molecule has 4 aromatic rings. The number of para-hydroxylation sites is 1. The van der Waals surface area contributed by atoms with Gasteiger partial charge in [0.1, 0.15) is 0 Å². The Bertz CT molecular complexity index is 1160. The van der Waals surface area contributed by atoms with E-state index >= 15 is 0 Å². The largest absolute Gasteiger partial charge is 0.343 e. The molecular weight excluding hydrogens is 301 g/mol. The standard InChI is InChI=1S/C17H12FNO2S/c1-19-16-5-3-2-4-14(16)15-8-6-11-10-12(22(18,20)21)7-9-13(11)17(15)19/h2-10H,1H3. The molecule has 22 heavy (non-hydrogen) atoms. The Balaban J connectivity index is 2.20. The minimum atomic E-state index is -4.69. The second-order valence-corrected chi connectivity index (χ2v) is 6.71. The first-order chi connectivity index (χ1) is 10.5. The van der Waals surface area contributed by atoms with Crippen LogP contribution in [0.1, 0.15) is 0 Å². The molecule has 0 radical (unpaired) electrons. The van der Waals surface area contributed by atoms with Crippen LogP contribution in [-0.2, 0) is 17.3 Å². The number of rotatable bonds is 1. The van der Waals surface area contributed by atoms with Crippen molar-refractivity contribution in [2.24, 2.45) is 7.05 Å². The topological polar surface area (TPSA) is 39.1 Å². The molecule has 1 aromatic heterocycles. The lowest BCUT2D eigenvalue weighted by molar-refractivity contribution is 0.552. The maximum Gasteiger partial charge on any atom is 0.332 e. The molecule has 0 unspecified atom stereocenters. The van der Waals surface area contributed by atoms with Crippen molar-refractivity contribution in [1.29, 1.82) is 0 Å². The van der Waals surface area contributed by atoms with E-state index < -0.39 is 10.2 Å². The number of halogens is 1. The average molecular weight is 313 g/mol. The van der Waals surface area contributed by atoms with Crippen LogP contribution in [0, 0.1) is 0 Å². The molecule has 0 saturated heterocycles. The van der Waals surface area contributed by atoms with E-state index in [0.717, 1.165) is 27.2 Å². The SMILES string of the molecule is Cn1c2ccccc2c2ccc3cc(S(=O)(=O)F)ccc3c21. The summed E-state index contributed by atoms with van der Waals surface area (Å²) in [7, 11) is -2.71. The third-order valence-corrected chi connectivity index (χ3v) is 4.95. The summed E-state index contributed by atoms with van der Waals surface area (Å²) < 4.78 is 37.4. The summed E-state index contributed by atoms with van der Waals surface area (Å²) in [5, 5.41) is 3.85. The van der Waals surface area contributed by atoms with E-state index in [0.29, 0.717) is 5.39 Å². The summed E-state index contributed by atoms with van der Waals surface area (Å²) in [5.41, 5.74) is 2.12. The average Bonchev–Trinajstić information content (AvgIpc) is 2.80. The van der Waals surface area contributed by atoms with Crippen molar-refractivity contribution in [3.8, 4) is 0 Å². The van der Waals surface area contributed by atoms with Gasteiger partial charge in [0, 0.05) is 28.7 Å². The molecule has 0 spiro atoms. The normalized spacial score (nSPS) is 12.5. The van der Waals surface area contributed by atoms with Crippen LogP contribution in [-0.4, -0.2) is 13.0 Å². The number of hydrogen-bond acceptors (Lipinski definition) is 2. The number of nitrogens with zero attached hydrogens (tertiary/aromatic N) is 1. The van der Waals surface area contributed by atoms with Crippen LogP contribution in [0.3, 0.4) is 0 Å². The van der Waals surface area contributed by atoms with Gasteiger partial charge in [-0.2, -0.15) is 8.42 Å². The van der Waals surface area contributed by atoms with Crippen LogP contribution >= 0.6 is 0 Å². The Labute approximate surface area is 126 Å². The summed E-state index contributed by atoms with van der Waals surface area (Å²) in [6.45, 7) is 0. The molecule has 0 N–H and O–H groups in total. The highest BCUT2D eigenvalue weighted by Gasteiger charge is 2.15. The monoisotopic (exact) mass is 313 g/mol. The molecule has 5 heteroatoms. The minimum absolute atomic E-state index is 0.307. The fourth-order valence-corrected chi connectivity index (χ4v) is 3.63. The van der Waals surface area contributed by atoms with E-state index in [2.05, 4.69) is 10.6 Å². The first-order valence-corrected chi connectivity index (χ1v) is 8.20. The second-order valence-electron chi connectivity index (χ2n) is 5.36. The molecule has 0 fully saturated rings. The highest BCUT2D eigenvalue weighted by atomic mass is 32.3. The molecule has 0 aliphatic rings. The van der Waals surface area contributed by atoms with Gasteiger partial charge in [-0.05, 0) is 23.6 Å². The molecule has 0 bridgehead atoms. The molecule has 3 aromatic carbocycles. The smallest absolute Gasteiger partial charge is 0.332 e. The van der Waals surface area contributed by atoms with Crippen LogP contribution in [0.2, 0.25) is 0 Å². The van der Waals surface area contributed by atoms with Crippen molar-refractivity contribution in [1.82, 2.24) is 4.57 Å². The Hall–Kier alpha value is -2.40. The van der Waals surface area contributed by atoms with Gasteiger partial charge in [-0.15, -0.1) is 3.89 Å². The van der Waals surface area contributed by atoms with Crippen molar-refractivity contribution in [2.75, 3.05) is 0 Å². The molecule has 4 rings (SSSR count). The number of aryl methyl sites for hydroxylation is 1. The Morgan fingerprint density at radius 2 is 1.64 bits per heavy atom. The number of benzene rings is 3. The highest BCUT2D eigenvalue weighted by molar-refractivity contribution is 7.86. The van der Waals surface area contributed by atoms with E-state index in [1.54, 1.807) is 6.07 Å². The van der Waals surface area contributed by atoms with Crippen molar-refractivity contribution >= 4 is 42.8 Å². The van der Waals surface area contributed by atoms with Gasteiger partial charge in [-0.3, -0.25) is 0 Å². The second kappa shape index (κ2) is 4.30. The lowest BCUT2D eigenvalue weighted by Crippen LogP contribution is -1.92. The number of aromatic nitrogens is 1. The Morgan fingerprint density at radius 1 is 0.909 bits per heavy atom. The fourth-order valence-electron chi connectivity index (χ4n) is 3.14. The Kier molecular flexibility index (Phi) is 2.60. The molecule has 3 nitrogen and oxygen atoms in total. The van der Waals surface area contributed by atoms with Gasteiger partial charge in [-0.25, -0.2) is 0 Å². The van der Waals surface area contributed by atoms with Gasteiger partial charge in [-0.1, -0.05) is 36.4 Å². The van der Waals surface area contributed by atoms with Gasteiger partial charge >= 0.3 is 10.2 Å². The zero-order valence-corrected chi connectivity index (χ0v) is 12.6. The lowest BCUT2D eigenvalue weighted by atomic mass is 10.1. The van der Waals surface area contributed by atoms with E-state index in [-0.39, 0.29) is 4.90 Å². The van der Waals surface area contributed by atoms with Gasteiger partial charge in [0.05, 0.1) is 10.4 Å². The molecule has 0 atom stereocenters. The van der Waals surface area contributed by atoms with Crippen LogP contribution < -0.4 is 0 Å². The maximum atomic E-state index is 13.2. The quantitative estimate of drug-likeness (QED) is 0.495. The summed E-state index contributed by atoms with van der Waals surface area (Å²) in [4.78, 5) is -0.307. The summed E-state index contributed by atoms with van der Waals surface area (Å²) in [5.74, 6) is 0. The summed E-state index contributed by atoms with van der Waals surface area (Å²) in [6, 6.07) is 16.2. The van der Waals surface area contributed by atoms with E-state index in [1.165, 1.54) is 12.1 Å². The Morgan fingerprint density at radius 3 is 2.41 bits per heavy atom. The summed E-state index contributed by atoms with van der Waals surface area (Å²) >= 11 is 0. The molecule has 0 aliphatic heterocycles. The van der Waals surface area contributed by atoms with Crippen molar-refractivity contribution in [3.63, 3.8) is 0 Å². The van der Waals surface area contributed by atoms with Crippen LogP contribution in [0.5, 0.6) is 0 Å². The molecule has 0 amide bonds. The van der Waals surface area contributed by atoms with E-state index in [9.17, 15) is 12.3 Å². The van der Waals surface area contributed by atoms with Gasteiger partial charge in [0.25, 0.3) is 0 Å². The van der Waals surface area contributed by atoms with Crippen LogP contribution in [0.25, 0.3) is 32.6 Å². The maximum absolute atomic E-state index is 13.2. The number of hydrogen-bond donors (Lipinski definition) is 0. The van der Waals surface area contributed by atoms with Gasteiger partial charge in [0.15, 0.2) is 0 Å². The first-order valence-electron chi connectivity index (χ1n) is 6.81. The highest BCUT2D eigenvalue weighted by Crippen LogP contribution is 2.34. The van der Waals surface area contributed by atoms with E-state index in [1.807, 2.05) is 37.4 Å². The van der Waals surface area contributed by atoms with Crippen LogP contribution in [0.15, 0.2) is 59.5 Å². The molecule has 110 valence electrons. The zero-order chi connectivity index (χ0) is 15.5. The van der Waals surface area contributed by atoms with Gasteiger partial charge in [0.2, 0.25) is 0 Å². The molecule has 1 heterocycles.